The zero-order valence-electron chi connectivity index (χ0n) is 14.6. The Kier molecular flexibility index (Phi) is 4.16. The van der Waals surface area contributed by atoms with Gasteiger partial charge >= 0.3 is 0 Å². The zero-order chi connectivity index (χ0) is 18.2. The van der Waals surface area contributed by atoms with Crippen molar-refractivity contribution in [1.29, 1.82) is 0 Å². The molecule has 2 N–H and O–H groups in total. The number of nitrogens with one attached hydrogen (secondary N) is 2. The molecule has 3 aromatic rings. The summed E-state index contributed by atoms with van der Waals surface area (Å²) in [5.41, 5.74) is 2.75. The highest BCUT2D eigenvalue weighted by Gasteiger charge is 2.39. The summed E-state index contributed by atoms with van der Waals surface area (Å²) in [6.07, 6.45) is 9.88. The molecule has 1 unspecified atom stereocenters. The first-order chi connectivity index (χ1) is 13.3. The molecule has 1 amide bonds. The lowest BCUT2D eigenvalue weighted by atomic mass is 9.93. The monoisotopic (exact) mass is 377 g/mol. The van der Waals surface area contributed by atoms with E-state index in [4.69, 9.17) is 0 Å². The standard InChI is InChI=1S/C20H19N5OS/c26-19(16-8-12-4-5-14(16)6-12)24-15-3-1-2-13(7-15)10-27-20-17-9-23-25-18(17)21-11-22-20/h1-5,7,9,11-12,14,16H,6,8,10H2,(H,24,26)(H,21,22,23,25)/t12-,14-,16?/m0/s1. The fourth-order valence-electron chi connectivity index (χ4n) is 4.07. The Morgan fingerprint density at radius 1 is 1.26 bits per heavy atom. The van der Waals surface area contributed by atoms with Crippen molar-refractivity contribution in [1.82, 2.24) is 20.2 Å². The molecule has 27 heavy (non-hydrogen) atoms. The highest BCUT2D eigenvalue weighted by molar-refractivity contribution is 7.98. The van der Waals surface area contributed by atoms with Crippen molar-refractivity contribution in [2.75, 3.05) is 5.32 Å². The lowest BCUT2D eigenvalue weighted by molar-refractivity contribution is -0.120. The van der Waals surface area contributed by atoms with E-state index >= 15 is 0 Å². The summed E-state index contributed by atoms with van der Waals surface area (Å²) in [5, 5.41) is 11.8. The van der Waals surface area contributed by atoms with E-state index in [1.807, 2.05) is 18.2 Å². The van der Waals surface area contributed by atoms with Crippen LogP contribution >= 0.6 is 11.8 Å². The molecule has 1 aromatic carbocycles. The van der Waals surface area contributed by atoms with Crippen molar-refractivity contribution in [2.24, 2.45) is 17.8 Å². The van der Waals surface area contributed by atoms with Crippen LogP contribution in [0, 0.1) is 17.8 Å². The molecule has 0 spiro atoms. The van der Waals surface area contributed by atoms with Crippen molar-refractivity contribution < 1.29 is 4.79 Å². The van der Waals surface area contributed by atoms with E-state index in [1.165, 1.54) is 0 Å². The summed E-state index contributed by atoms with van der Waals surface area (Å²) in [7, 11) is 0. The smallest absolute Gasteiger partial charge is 0.228 e. The van der Waals surface area contributed by atoms with Crippen molar-refractivity contribution in [3.63, 3.8) is 0 Å². The molecule has 3 atom stereocenters. The minimum Gasteiger partial charge on any atom is -0.326 e. The molecule has 2 aliphatic carbocycles. The summed E-state index contributed by atoms with van der Waals surface area (Å²) < 4.78 is 0. The average Bonchev–Trinajstić information content (AvgIpc) is 3.43. The SMILES string of the molecule is O=C(Nc1cccc(CSc2ncnc3[nH]ncc23)c1)C1C[C@H]2C=C[C@H]1C2. The second-order valence-electron chi connectivity index (χ2n) is 7.18. The fraction of sp³-hybridized carbons (Fsp3) is 0.300. The molecule has 2 aliphatic rings. The molecule has 2 heterocycles. The molecule has 7 heteroatoms. The third-order valence-corrected chi connectivity index (χ3v) is 6.47. The maximum absolute atomic E-state index is 12.6. The summed E-state index contributed by atoms with van der Waals surface area (Å²) in [5.74, 6) is 2.05. The van der Waals surface area contributed by atoms with Crippen LogP contribution in [0.25, 0.3) is 11.0 Å². The van der Waals surface area contributed by atoms with Crippen molar-refractivity contribution >= 4 is 34.4 Å². The van der Waals surface area contributed by atoms with Crippen LogP contribution in [0.1, 0.15) is 18.4 Å². The Morgan fingerprint density at radius 3 is 3.07 bits per heavy atom. The van der Waals surface area contributed by atoms with E-state index in [-0.39, 0.29) is 11.8 Å². The lowest BCUT2D eigenvalue weighted by Gasteiger charge is -2.17. The van der Waals surface area contributed by atoms with Crippen LogP contribution < -0.4 is 5.32 Å². The largest absolute Gasteiger partial charge is 0.326 e. The first-order valence-corrected chi connectivity index (χ1v) is 10.1. The molecule has 1 saturated carbocycles. The van der Waals surface area contributed by atoms with Crippen LogP contribution in [0.2, 0.25) is 0 Å². The molecule has 6 nitrogen and oxygen atoms in total. The van der Waals surface area contributed by atoms with Gasteiger partial charge in [-0.25, -0.2) is 9.97 Å². The first-order valence-electron chi connectivity index (χ1n) is 9.11. The predicted molar refractivity (Wildman–Crippen MR) is 105 cm³/mol. The third-order valence-electron chi connectivity index (χ3n) is 5.40. The number of amides is 1. The molecular formula is C20H19N5OS. The number of carbonyl (C=O) groups excluding carboxylic acids is 1. The number of H-pyrrole nitrogens is 1. The Hall–Kier alpha value is -2.67. The highest BCUT2D eigenvalue weighted by atomic mass is 32.2. The fourth-order valence-corrected chi connectivity index (χ4v) is 4.98. The quantitative estimate of drug-likeness (QED) is 0.401. The number of aromatic amines is 1. The van der Waals surface area contributed by atoms with Crippen LogP contribution in [0.5, 0.6) is 0 Å². The molecule has 2 aromatic heterocycles. The number of benzene rings is 1. The van der Waals surface area contributed by atoms with E-state index in [0.29, 0.717) is 11.8 Å². The molecule has 0 saturated heterocycles. The molecule has 0 aliphatic heterocycles. The number of rotatable bonds is 5. The van der Waals surface area contributed by atoms with Crippen LogP contribution in [0.3, 0.4) is 0 Å². The molecule has 1 fully saturated rings. The van der Waals surface area contributed by atoms with Gasteiger partial charge in [-0.1, -0.05) is 24.3 Å². The van der Waals surface area contributed by atoms with Crippen LogP contribution in [0.15, 0.2) is 54.0 Å². The van der Waals surface area contributed by atoms with E-state index in [1.54, 1.807) is 24.3 Å². The van der Waals surface area contributed by atoms with Gasteiger partial charge in [0.05, 0.1) is 11.6 Å². The van der Waals surface area contributed by atoms with Gasteiger partial charge in [-0.2, -0.15) is 5.10 Å². The zero-order valence-corrected chi connectivity index (χ0v) is 15.4. The maximum atomic E-state index is 12.6. The second kappa shape index (κ2) is 6.81. The van der Waals surface area contributed by atoms with Gasteiger partial charge in [-0.3, -0.25) is 9.89 Å². The Labute approximate surface area is 160 Å². The minimum absolute atomic E-state index is 0.119. The van der Waals surface area contributed by atoms with Gasteiger partial charge in [-0.15, -0.1) is 11.8 Å². The Bertz CT molecular complexity index is 1030. The average molecular weight is 377 g/mol. The number of carbonyl (C=O) groups is 1. The highest BCUT2D eigenvalue weighted by Crippen LogP contribution is 2.43. The Balaban J connectivity index is 1.26. The Morgan fingerprint density at radius 2 is 2.22 bits per heavy atom. The van der Waals surface area contributed by atoms with Gasteiger partial charge in [0, 0.05) is 17.4 Å². The van der Waals surface area contributed by atoms with Crippen molar-refractivity contribution in [2.45, 2.75) is 23.6 Å². The lowest BCUT2D eigenvalue weighted by Crippen LogP contribution is -2.25. The molecule has 136 valence electrons. The predicted octanol–water partition coefficient (Wildman–Crippen LogP) is 3.80. The van der Waals surface area contributed by atoms with Gasteiger partial charge in [0.15, 0.2) is 5.65 Å². The molecule has 2 bridgehead atoms. The molecule has 5 rings (SSSR count). The van der Waals surface area contributed by atoms with Crippen LogP contribution in [-0.4, -0.2) is 26.1 Å². The number of aromatic nitrogens is 4. The van der Waals surface area contributed by atoms with Crippen molar-refractivity contribution in [3.8, 4) is 0 Å². The minimum atomic E-state index is 0.119. The summed E-state index contributed by atoms with van der Waals surface area (Å²) in [6, 6.07) is 8.05. The number of nitrogens with zero attached hydrogens (tertiary/aromatic N) is 3. The van der Waals surface area contributed by atoms with Crippen LogP contribution in [-0.2, 0) is 10.5 Å². The summed E-state index contributed by atoms with van der Waals surface area (Å²) in [6.45, 7) is 0. The topological polar surface area (TPSA) is 83.6 Å². The number of fused-ring (bicyclic) bond motifs is 3. The van der Waals surface area contributed by atoms with Gasteiger partial charge in [-0.05, 0) is 42.4 Å². The van der Waals surface area contributed by atoms with E-state index in [9.17, 15) is 4.79 Å². The van der Waals surface area contributed by atoms with Gasteiger partial charge in [0.25, 0.3) is 0 Å². The first kappa shape index (κ1) is 16.5. The van der Waals surface area contributed by atoms with Gasteiger partial charge < -0.3 is 5.32 Å². The van der Waals surface area contributed by atoms with E-state index in [2.05, 4.69) is 43.7 Å². The van der Waals surface area contributed by atoms with Gasteiger partial charge in [0.1, 0.15) is 11.4 Å². The third kappa shape index (κ3) is 3.23. The maximum Gasteiger partial charge on any atom is 0.228 e. The number of thioether (sulfide) groups is 1. The summed E-state index contributed by atoms with van der Waals surface area (Å²) >= 11 is 1.64. The number of anilines is 1. The van der Waals surface area contributed by atoms with Crippen LogP contribution in [0.4, 0.5) is 5.69 Å². The summed E-state index contributed by atoms with van der Waals surface area (Å²) in [4.78, 5) is 21.2. The second-order valence-corrected chi connectivity index (χ2v) is 8.14. The van der Waals surface area contributed by atoms with E-state index < -0.39 is 0 Å². The van der Waals surface area contributed by atoms with Crippen molar-refractivity contribution in [3.05, 3.63) is 54.5 Å². The molecule has 0 radical (unpaired) electrons. The number of hydrogen-bond donors (Lipinski definition) is 2. The van der Waals surface area contributed by atoms with E-state index in [0.717, 1.165) is 45.9 Å². The number of hydrogen-bond acceptors (Lipinski definition) is 5. The molecular weight excluding hydrogens is 358 g/mol. The normalized spacial score (nSPS) is 23.2. The number of allylic oxidation sites excluding steroid dienone is 2. The van der Waals surface area contributed by atoms with Gasteiger partial charge in [0.2, 0.25) is 5.91 Å².